The number of nitrogens with zero attached hydrogens (tertiary/aromatic N) is 1. The molecule has 118 valence electrons. The average molecular weight is 403 g/mol. The minimum absolute atomic E-state index is 0. The molecule has 4 nitrogen and oxygen atoms in total. The lowest BCUT2D eigenvalue weighted by Gasteiger charge is -2.15. The van der Waals surface area contributed by atoms with Crippen LogP contribution in [0.25, 0.3) is 0 Å². The Labute approximate surface area is 148 Å². The molecule has 0 aliphatic heterocycles. The van der Waals surface area contributed by atoms with Crippen molar-refractivity contribution in [2.24, 2.45) is 5.73 Å². The van der Waals surface area contributed by atoms with Crippen molar-refractivity contribution in [3.8, 4) is 0 Å². The Kier molecular flexibility index (Phi) is 5.97. The van der Waals surface area contributed by atoms with Crippen LogP contribution in [0.15, 0.2) is 28.7 Å². The van der Waals surface area contributed by atoms with Gasteiger partial charge in [0.2, 0.25) is 5.91 Å². The van der Waals surface area contributed by atoms with Crippen molar-refractivity contribution in [1.29, 1.82) is 0 Å². The molecule has 7 heteroatoms. The fraction of sp³-hybridized carbons (Fsp3) is 0.333. The van der Waals surface area contributed by atoms with E-state index in [1.165, 1.54) is 4.88 Å². The third-order valence-electron chi connectivity index (χ3n) is 3.48. The highest BCUT2D eigenvalue weighted by atomic mass is 79.9. The molecule has 1 atom stereocenters. The van der Waals surface area contributed by atoms with Gasteiger partial charge in [0.15, 0.2) is 5.13 Å². The number of nitrogens with two attached hydrogens (primary N) is 1. The Morgan fingerprint density at radius 1 is 1.50 bits per heavy atom. The molecule has 3 rings (SSSR count). The molecular weight excluding hydrogens is 386 g/mol. The number of aryl methyl sites for hydroxylation is 1. The van der Waals surface area contributed by atoms with Gasteiger partial charge >= 0.3 is 0 Å². The second kappa shape index (κ2) is 7.55. The number of halogens is 2. The maximum Gasteiger partial charge on any atom is 0.230 e. The van der Waals surface area contributed by atoms with Gasteiger partial charge in [-0.1, -0.05) is 28.1 Å². The zero-order valence-electron chi connectivity index (χ0n) is 11.8. The Morgan fingerprint density at radius 2 is 2.32 bits per heavy atom. The quantitative estimate of drug-likeness (QED) is 0.827. The van der Waals surface area contributed by atoms with Gasteiger partial charge in [0.1, 0.15) is 0 Å². The van der Waals surface area contributed by atoms with E-state index in [0.29, 0.717) is 11.6 Å². The van der Waals surface area contributed by atoms with E-state index in [2.05, 4.69) is 26.2 Å². The topological polar surface area (TPSA) is 68.0 Å². The number of rotatable bonds is 3. The number of anilines is 1. The van der Waals surface area contributed by atoms with Crippen molar-refractivity contribution in [3.05, 3.63) is 44.9 Å². The fourth-order valence-electron chi connectivity index (χ4n) is 2.45. The molecule has 1 aliphatic rings. The summed E-state index contributed by atoms with van der Waals surface area (Å²) in [6.07, 6.45) is 3.11. The number of amides is 1. The van der Waals surface area contributed by atoms with E-state index in [1.807, 2.05) is 24.3 Å². The summed E-state index contributed by atoms with van der Waals surface area (Å²) < 4.78 is 0.978. The predicted molar refractivity (Wildman–Crippen MR) is 95.8 cm³/mol. The number of fused-ring (bicyclic) bond motifs is 1. The van der Waals surface area contributed by atoms with Gasteiger partial charge in [0.05, 0.1) is 12.1 Å². The van der Waals surface area contributed by atoms with Crippen molar-refractivity contribution in [2.75, 3.05) is 5.32 Å². The van der Waals surface area contributed by atoms with Crippen molar-refractivity contribution in [2.45, 2.75) is 31.7 Å². The molecule has 0 radical (unpaired) electrons. The molecule has 0 saturated carbocycles. The Bertz CT molecular complexity index is 677. The first-order chi connectivity index (χ1) is 10.1. The predicted octanol–water partition coefficient (Wildman–Crippen LogP) is 3.32. The highest BCUT2D eigenvalue weighted by Gasteiger charge is 2.20. The Morgan fingerprint density at radius 3 is 3.09 bits per heavy atom. The summed E-state index contributed by atoms with van der Waals surface area (Å²) >= 11 is 4.96. The molecule has 1 amide bonds. The second-order valence-corrected chi connectivity index (χ2v) is 7.25. The maximum absolute atomic E-state index is 12.1. The number of thiazole rings is 1. The van der Waals surface area contributed by atoms with E-state index in [-0.39, 0.29) is 24.4 Å². The first-order valence-electron chi connectivity index (χ1n) is 6.88. The van der Waals surface area contributed by atoms with Crippen LogP contribution in [-0.4, -0.2) is 16.9 Å². The molecule has 0 spiro atoms. The third kappa shape index (κ3) is 4.29. The minimum Gasteiger partial charge on any atom is -0.327 e. The zero-order valence-corrected chi connectivity index (χ0v) is 15.1. The number of nitrogens with one attached hydrogen (secondary N) is 1. The first kappa shape index (κ1) is 17.4. The lowest BCUT2D eigenvalue weighted by molar-refractivity contribution is -0.115. The van der Waals surface area contributed by atoms with Gasteiger partial charge in [-0.3, -0.25) is 4.79 Å². The number of carbonyl (C=O) groups excluding carboxylic acids is 1. The zero-order chi connectivity index (χ0) is 14.8. The van der Waals surface area contributed by atoms with Gasteiger partial charge in [-0.15, -0.1) is 23.7 Å². The maximum atomic E-state index is 12.1. The summed E-state index contributed by atoms with van der Waals surface area (Å²) in [5.74, 6) is -0.0384. The van der Waals surface area contributed by atoms with Crippen LogP contribution in [0.4, 0.5) is 5.13 Å². The summed E-state index contributed by atoms with van der Waals surface area (Å²) in [7, 11) is 0. The smallest absolute Gasteiger partial charge is 0.230 e. The van der Waals surface area contributed by atoms with Crippen molar-refractivity contribution in [3.63, 3.8) is 0 Å². The van der Waals surface area contributed by atoms with Crippen LogP contribution in [-0.2, 0) is 24.1 Å². The number of aromatic nitrogens is 1. The standard InChI is InChI=1S/C15H16BrN3OS.ClH/c16-10-3-1-2-9(6-10)7-14(20)19-15-18-12-5-4-11(17)8-13(12)21-15;/h1-3,6,11H,4-5,7-8,17H2,(H,18,19,20);1H/t11-;/m0./s1. The largest absolute Gasteiger partial charge is 0.327 e. The van der Waals surface area contributed by atoms with Gasteiger partial charge < -0.3 is 11.1 Å². The van der Waals surface area contributed by atoms with Crippen LogP contribution in [0, 0.1) is 0 Å². The van der Waals surface area contributed by atoms with Gasteiger partial charge in [0, 0.05) is 15.4 Å². The molecule has 2 aromatic rings. The Balaban J connectivity index is 0.00000176. The molecule has 3 N–H and O–H groups in total. The van der Waals surface area contributed by atoms with E-state index in [1.54, 1.807) is 11.3 Å². The Hall–Kier alpha value is -0.950. The van der Waals surface area contributed by atoms with Gasteiger partial charge in [-0.05, 0) is 37.0 Å². The highest BCUT2D eigenvalue weighted by Crippen LogP contribution is 2.29. The lowest BCUT2D eigenvalue weighted by Crippen LogP contribution is -2.27. The van der Waals surface area contributed by atoms with Crippen LogP contribution in [0.2, 0.25) is 0 Å². The minimum atomic E-state index is -0.0384. The molecule has 1 aromatic heterocycles. The van der Waals surface area contributed by atoms with Crippen LogP contribution in [0.3, 0.4) is 0 Å². The molecule has 0 unspecified atom stereocenters. The van der Waals surface area contributed by atoms with Crippen LogP contribution < -0.4 is 11.1 Å². The number of hydrogen-bond donors (Lipinski definition) is 2. The monoisotopic (exact) mass is 401 g/mol. The fourth-order valence-corrected chi connectivity index (χ4v) is 4.01. The summed E-state index contributed by atoms with van der Waals surface area (Å²) in [4.78, 5) is 17.8. The van der Waals surface area contributed by atoms with E-state index >= 15 is 0 Å². The molecule has 1 heterocycles. The third-order valence-corrected chi connectivity index (χ3v) is 5.01. The number of carbonyl (C=O) groups is 1. The van der Waals surface area contributed by atoms with E-state index in [0.717, 1.165) is 35.0 Å². The van der Waals surface area contributed by atoms with Crippen molar-refractivity contribution in [1.82, 2.24) is 4.98 Å². The molecule has 0 fully saturated rings. The molecular formula is C15H17BrClN3OS. The average Bonchev–Trinajstić information content (AvgIpc) is 2.79. The normalized spacial score (nSPS) is 16.5. The van der Waals surface area contributed by atoms with Crippen molar-refractivity contribution < 1.29 is 4.79 Å². The lowest BCUT2D eigenvalue weighted by atomic mass is 9.99. The molecule has 22 heavy (non-hydrogen) atoms. The summed E-state index contributed by atoms with van der Waals surface area (Å²) in [5, 5.41) is 3.58. The first-order valence-corrected chi connectivity index (χ1v) is 8.49. The second-order valence-electron chi connectivity index (χ2n) is 5.25. The summed E-state index contributed by atoms with van der Waals surface area (Å²) in [6.45, 7) is 0. The number of hydrogen-bond acceptors (Lipinski definition) is 4. The molecule has 0 bridgehead atoms. The molecule has 1 aliphatic carbocycles. The van der Waals surface area contributed by atoms with Crippen molar-refractivity contribution >= 4 is 50.7 Å². The van der Waals surface area contributed by atoms with E-state index in [9.17, 15) is 4.79 Å². The number of benzene rings is 1. The van der Waals surface area contributed by atoms with E-state index in [4.69, 9.17) is 5.73 Å². The van der Waals surface area contributed by atoms with Crippen LogP contribution in [0.1, 0.15) is 22.6 Å². The van der Waals surface area contributed by atoms with Gasteiger partial charge in [-0.2, -0.15) is 0 Å². The molecule has 1 aromatic carbocycles. The van der Waals surface area contributed by atoms with Crippen LogP contribution >= 0.6 is 39.7 Å². The van der Waals surface area contributed by atoms with E-state index < -0.39 is 0 Å². The highest BCUT2D eigenvalue weighted by molar-refractivity contribution is 9.10. The molecule has 0 saturated heterocycles. The summed E-state index contributed by atoms with van der Waals surface area (Å²) in [5.41, 5.74) is 8.04. The van der Waals surface area contributed by atoms with Crippen LogP contribution in [0.5, 0.6) is 0 Å². The van der Waals surface area contributed by atoms with Gasteiger partial charge in [-0.25, -0.2) is 4.98 Å². The summed E-state index contributed by atoms with van der Waals surface area (Å²) in [6, 6.07) is 7.99. The van der Waals surface area contributed by atoms with Gasteiger partial charge in [0.25, 0.3) is 0 Å². The SMILES string of the molecule is Cl.N[C@H]1CCc2nc(NC(=O)Cc3cccc(Br)c3)sc2C1.